The van der Waals surface area contributed by atoms with Gasteiger partial charge in [-0.1, -0.05) is 12.2 Å². The zero-order valence-corrected chi connectivity index (χ0v) is 9.99. The van der Waals surface area contributed by atoms with Gasteiger partial charge in [0.25, 0.3) is 0 Å². The summed E-state index contributed by atoms with van der Waals surface area (Å²) < 4.78 is 16.1. The molecule has 0 aromatic rings. The molecule has 1 radical (unpaired) electrons. The lowest BCUT2D eigenvalue weighted by Gasteiger charge is -2.14. The largest absolute Gasteiger partial charge is 0.577 e. The van der Waals surface area contributed by atoms with Crippen LogP contribution in [0.5, 0.6) is 0 Å². The molecule has 14 heavy (non-hydrogen) atoms. The van der Waals surface area contributed by atoms with Gasteiger partial charge in [-0.3, -0.25) is 0 Å². The Bertz CT molecular complexity index is 147. The quantitative estimate of drug-likeness (QED) is 0.435. The molecule has 0 aromatic carbocycles. The van der Waals surface area contributed by atoms with Gasteiger partial charge in [0.15, 0.2) is 0 Å². The topological polar surface area (TPSA) is 27.7 Å². The van der Waals surface area contributed by atoms with Crippen molar-refractivity contribution in [2.45, 2.75) is 13.8 Å². The van der Waals surface area contributed by atoms with Gasteiger partial charge in [0.1, 0.15) is 0 Å². The summed E-state index contributed by atoms with van der Waals surface area (Å²) in [5.74, 6) is 0.163. The van der Waals surface area contributed by atoms with Crippen LogP contribution in [0.1, 0.15) is 13.8 Å². The van der Waals surface area contributed by atoms with Crippen LogP contribution in [-0.2, 0) is 13.3 Å². The maximum atomic E-state index is 5.48. The first-order valence-corrected chi connectivity index (χ1v) is 6.01. The molecule has 0 aliphatic carbocycles. The highest BCUT2D eigenvalue weighted by atomic mass is 28.3. The Kier molecular flexibility index (Phi) is 8.87. The molecule has 0 fully saturated rings. The van der Waals surface area contributed by atoms with E-state index in [1.165, 1.54) is 0 Å². The third kappa shape index (κ3) is 6.10. The van der Waals surface area contributed by atoms with Crippen LogP contribution in [0.15, 0.2) is 25.3 Å². The van der Waals surface area contributed by atoms with E-state index in [0.717, 1.165) is 0 Å². The third-order valence-electron chi connectivity index (χ3n) is 1.52. The summed E-state index contributed by atoms with van der Waals surface area (Å²) in [6.07, 6.45) is 3.59. The molecule has 0 unspecified atom stereocenters. The highest BCUT2D eigenvalue weighted by Gasteiger charge is 2.18. The highest BCUT2D eigenvalue weighted by molar-refractivity contribution is 6.36. The molecule has 0 aromatic heterocycles. The summed E-state index contributed by atoms with van der Waals surface area (Å²) in [6, 6.07) is 0. The summed E-state index contributed by atoms with van der Waals surface area (Å²) in [5.41, 5.74) is 0. The Morgan fingerprint density at radius 2 is 1.57 bits per heavy atom. The molecule has 3 nitrogen and oxygen atoms in total. The third-order valence-corrected chi connectivity index (χ3v) is 2.97. The van der Waals surface area contributed by atoms with Crippen molar-refractivity contribution in [1.29, 1.82) is 0 Å². The number of rotatable bonds is 9. The maximum absolute atomic E-state index is 5.48. The minimum atomic E-state index is -1.56. The Morgan fingerprint density at radius 3 is 1.93 bits per heavy atom. The normalized spacial score (nSPS) is 10.9. The molecule has 81 valence electrons. The van der Waals surface area contributed by atoms with Gasteiger partial charge in [0.2, 0.25) is 0 Å². The standard InChI is InChI=1S/C10H19O3Si/c1-5-10(6-2)9-13-14(11-7-3)12-8-4/h5-6,10H,1-2,7-9H2,3-4H3. The Balaban J connectivity index is 3.78. The Morgan fingerprint density at radius 1 is 1.07 bits per heavy atom. The van der Waals surface area contributed by atoms with Crippen LogP contribution < -0.4 is 0 Å². The predicted octanol–water partition coefficient (Wildman–Crippen LogP) is 2.05. The molecule has 0 amide bonds. The fourth-order valence-corrected chi connectivity index (χ4v) is 1.81. The first kappa shape index (κ1) is 13.6. The van der Waals surface area contributed by atoms with Crippen LogP contribution in [-0.4, -0.2) is 29.3 Å². The average Bonchev–Trinajstić information content (AvgIpc) is 2.20. The summed E-state index contributed by atoms with van der Waals surface area (Å²) in [5, 5.41) is 0. The molecule has 0 aliphatic rings. The molecule has 0 bridgehead atoms. The van der Waals surface area contributed by atoms with Crippen molar-refractivity contribution in [3.63, 3.8) is 0 Å². The molecule has 0 aliphatic heterocycles. The fraction of sp³-hybridized carbons (Fsp3) is 0.600. The molecule has 0 saturated heterocycles. The van der Waals surface area contributed by atoms with Gasteiger partial charge in [0, 0.05) is 25.7 Å². The van der Waals surface area contributed by atoms with Gasteiger partial charge in [-0.05, 0) is 13.8 Å². The van der Waals surface area contributed by atoms with E-state index in [0.29, 0.717) is 19.8 Å². The van der Waals surface area contributed by atoms with Gasteiger partial charge in [-0.15, -0.1) is 13.2 Å². The van der Waals surface area contributed by atoms with E-state index in [-0.39, 0.29) is 5.92 Å². The molecule has 0 atom stereocenters. The van der Waals surface area contributed by atoms with Crippen molar-refractivity contribution in [3.8, 4) is 0 Å². The Labute approximate surface area is 88.3 Å². The monoisotopic (exact) mass is 215 g/mol. The molecule has 0 saturated carbocycles. The lowest BCUT2D eigenvalue weighted by atomic mass is 10.2. The first-order chi connectivity index (χ1) is 6.78. The zero-order valence-electron chi connectivity index (χ0n) is 8.99. The van der Waals surface area contributed by atoms with Gasteiger partial charge < -0.3 is 13.3 Å². The van der Waals surface area contributed by atoms with Crippen LogP contribution in [0.3, 0.4) is 0 Å². The molecule has 0 N–H and O–H groups in total. The smallest absolute Gasteiger partial charge is 0.371 e. The van der Waals surface area contributed by atoms with E-state index in [1.807, 2.05) is 13.8 Å². The van der Waals surface area contributed by atoms with E-state index in [2.05, 4.69) is 13.2 Å². The SMILES string of the molecule is C=CC(C=C)CO[Si](OCC)OCC. The minimum Gasteiger partial charge on any atom is -0.371 e. The molecule has 0 rings (SSSR count). The van der Waals surface area contributed by atoms with Crippen molar-refractivity contribution in [1.82, 2.24) is 0 Å². The van der Waals surface area contributed by atoms with Gasteiger partial charge in [-0.25, -0.2) is 0 Å². The fourth-order valence-electron chi connectivity index (χ4n) is 0.757. The van der Waals surface area contributed by atoms with Crippen LogP contribution >= 0.6 is 0 Å². The van der Waals surface area contributed by atoms with Crippen molar-refractivity contribution >= 4 is 9.53 Å². The first-order valence-electron chi connectivity index (χ1n) is 4.78. The van der Waals surface area contributed by atoms with Gasteiger partial charge in [-0.2, -0.15) is 0 Å². The van der Waals surface area contributed by atoms with E-state index in [4.69, 9.17) is 13.3 Å². The highest BCUT2D eigenvalue weighted by Crippen LogP contribution is 2.02. The van der Waals surface area contributed by atoms with Crippen molar-refractivity contribution < 1.29 is 13.3 Å². The molecular weight excluding hydrogens is 196 g/mol. The minimum absolute atomic E-state index is 0.163. The van der Waals surface area contributed by atoms with Crippen LogP contribution in [0.25, 0.3) is 0 Å². The van der Waals surface area contributed by atoms with E-state index >= 15 is 0 Å². The summed E-state index contributed by atoms with van der Waals surface area (Å²) in [7, 11) is -1.56. The van der Waals surface area contributed by atoms with Crippen LogP contribution in [0, 0.1) is 5.92 Å². The lowest BCUT2D eigenvalue weighted by Crippen LogP contribution is -2.29. The molecule has 0 spiro atoms. The Hall–Kier alpha value is -0.423. The average molecular weight is 215 g/mol. The second kappa shape index (κ2) is 9.14. The number of hydrogen-bond acceptors (Lipinski definition) is 3. The van der Waals surface area contributed by atoms with Crippen LogP contribution in [0.4, 0.5) is 0 Å². The van der Waals surface area contributed by atoms with Crippen molar-refractivity contribution in [2.24, 2.45) is 5.92 Å². The summed E-state index contributed by atoms with van der Waals surface area (Å²) in [4.78, 5) is 0. The van der Waals surface area contributed by atoms with Gasteiger partial charge >= 0.3 is 9.53 Å². The molecule has 0 heterocycles. The van der Waals surface area contributed by atoms with Gasteiger partial charge in [0.05, 0.1) is 0 Å². The van der Waals surface area contributed by atoms with Crippen molar-refractivity contribution in [3.05, 3.63) is 25.3 Å². The second-order valence-electron chi connectivity index (χ2n) is 2.56. The summed E-state index contributed by atoms with van der Waals surface area (Å²) in [6.45, 7) is 13.0. The predicted molar refractivity (Wildman–Crippen MR) is 58.8 cm³/mol. The maximum Gasteiger partial charge on any atom is 0.577 e. The zero-order chi connectivity index (χ0) is 10.8. The summed E-state index contributed by atoms with van der Waals surface area (Å²) >= 11 is 0. The van der Waals surface area contributed by atoms with Crippen LogP contribution in [0.2, 0.25) is 0 Å². The molecule has 4 heteroatoms. The second-order valence-corrected chi connectivity index (χ2v) is 3.93. The number of hydrogen-bond donors (Lipinski definition) is 0. The van der Waals surface area contributed by atoms with E-state index in [9.17, 15) is 0 Å². The lowest BCUT2D eigenvalue weighted by molar-refractivity contribution is 0.0975. The molecular formula is C10H19O3Si. The van der Waals surface area contributed by atoms with Crippen molar-refractivity contribution in [2.75, 3.05) is 19.8 Å². The van der Waals surface area contributed by atoms with E-state index in [1.54, 1.807) is 12.2 Å². The van der Waals surface area contributed by atoms with E-state index < -0.39 is 9.53 Å².